The zero-order valence-corrected chi connectivity index (χ0v) is 18.9. The summed E-state index contributed by atoms with van der Waals surface area (Å²) in [6, 6.07) is 17.3. The van der Waals surface area contributed by atoms with E-state index in [-0.39, 0.29) is 17.7 Å². The van der Waals surface area contributed by atoms with Crippen LogP contribution in [0.25, 0.3) is 0 Å². The van der Waals surface area contributed by atoms with Crippen molar-refractivity contribution in [3.8, 4) is 0 Å². The molecule has 1 aliphatic heterocycles. The highest BCUT2D eigenvalue weighted by atomic mass is 16.2. The molecule has 0 spiro atoms. The zero-order chi connectivity index (χ0) is 22.2. The van der Waals surface area contributed by atoms with E-state index in [1.165, 1.54) is 24.8 Å². The molecular formula is C26H35N3O2. The number of amides is 2. The summed E-state index contributed by atoms with van der Waals surface area (Å²) in [4.78, 5) is 27.9. The highest BCUT2D eigenvalue weighted by Gasteiger charge is 2.23. The van der Waals surface area contributed by atoms with Crippen LogP contribution in [0.3, 0.4) is 0 Å². The second-order valence-corrected chi connectivity index (χ2v) is 9.01. The molecule has 2 atom stereocenters. The molecule has 1 fully saturated rings. The van der Waals surface area contributed by atoms with E-state index in [2.05, 4.69) is 34.6 Å². The number of hydrogen-bond acceptors (Lipinski definition) is 3. The smallest absolute Gasteiger partial charge is 0.251 e. The Morgan fingerprint density at radius 1 is 1.03 bits per heavy atom. The van der Waals surface area contributed by atoms with E-state index in [0.29, 0.717) is 12.5 Å². The van der Waals surface area contributed by atoms with Crippen LogP contribution >= 0.6 is 0 Å². The van der Waals surface area contributed by atoms with Crippen LogP contribution in [0.5, 0.6) is 0 Å². The Morgan fingerprint density at radius 2 is 1.74 bits per heavy atom. The van der Waals surface area contributed by atoms with E-state index in [4.69, 9.17) is 0 Å². The highest BCUT2D eigenvalue weighted by molar-refractivity contribution is 5.97. The predicted octanol–water partition coefficient (Wildman–Crippen LogP) is 4.90. The largest absolute Gasteiger partial charge is 0.341 e. The van der Waals surface area contributed by atoms with Crippen LogP contribution in [-0.4, -0.2) is 29.3 Å². The zero-order valence-electron chi connectivity index (χ0n) is 18.9. The normalized spacial score (nSPS) is 17.9. The number of likely N-dealkylation sites (tertiary alicyclic amines) is 1. The fourth-order valence-electron chi connectivity index (χ4n) is 4.07. The Balaban J connectivity index is 1.65. The van der Waals surface area contributed by atoms with Crippen molar-refractivity contribution in [2.45, 2.75) is 65.1 Å². The van der Waals surface area contributed by atoms with Gasteiger partial charge in [0.05, 0.1) is 0 Å². The predicted molar refractivity (Wildman–Crippen MR) is 126 cm³/mol. The maximum atomic E-state index is 13.0. The average molecular weight is 422 g/mol. The summed E-state index contributed by atoms with van der Waals surface area (Å²) in [5.74, 6) is -0.125. The van der Waals surface area contributed by atoms with Gasteiger partial charge >= 0.3 is 0 Å². The third-order valence-corrected chi connectivity index (χ3v) is 5.84. The van der Waals surface area contributed by atoms with Crippen molar-refractivity contribution in [3.63, 3.8) is 0 Å². The average Bonchev–Trinajstić information content (AvgIpc) is 2.75. The minimum atomic E-state index is -0.721. The van der Waals surface area contributed by atoms with Gasteiger partial charge < -0.3 is 10.6 Å². The molecule has 31 heavy (non-hydrogen) atoms. The van der Waals surface area contributed by atoms with Crippen LogP contribution < -0.4 is 10.6 Å². The lowest BCUT2D eigenvalue weighted by molar-refractivity contribution is -0.127. The molecule has 5 nitrogen and oxygen atoms in total. The van der Waals surface area contributed by atoms with E-state index in [1.807, 2.05) is 56.3 Å². The minimum absolute atomic E-state index is 0.120. The molecule has 1 aliphatic rings. The van der Waals surface area contributed by atoms with Gasteiger partial charge in [0.2, 0.25) is 5.91 Å². The topological polar surface area (TPSA) is 61.4 Å². The summed E-state index contributed by atoms with van der Waals surface area (Å²) in [6.45, 7) is 8.36. The van der Waals surface area contributed by atoms with E-state index in [9.17, 15) is 9.59 Å². The van der Waals surface area contributed by atoms with Gasteiger partial charge in [-0.3, -0.25) is 14.5 Å². The SMILES string of the molecule is CC(C)CC(=O)NC(C(=O)Nc1ccc(CN2CCCCC2C)cc1)c1ccccc1. The van der Waals surface area contributed by atoms with Crippen LogP contribution in [-0.2, 0) is 16.1 Å². The Kier molecular flexibility index (Phi) is 8.24. The van der Waals surface area contributed by atoms with Crippen molar-refractivity contribution in [1.82, 2.24) is 10.2 Å². The molecule has 3 rings (SSSR count). The lowest BCUT2D eigenvalue weighted by Crippen LogP contribution is -2.37. The van der Waals surface area contributed by atoms with Crippen LogP contribution in [0.4, 0.5) is 5.69 Å². The van der Waals surface area contributed by atoms with Crippen molar-refractivity contribution < 1.29 is 9.59 Å². The summed E-state index contributed by atoms with van der Waals surface area (Å²) >= 11 is 0. The fourth-order valence-corrected chi connectivity index (χ4v) is 4.07. The molecule has 166 valence electrons. The van der Waals surface area contributed by atoms with Crippen LogP contribution in [0.2, 0.25) is 0 Å². The number of nitrogens with one attached hydrogen (secondary N) is 2. The Hall–Kier alpha value is -2.66. The number of nitrogens with zero attached hydrogens (tertiary/aromatic N) is 1. The Morgan fingerprint density at radius 3 is 2.39 bits per heavy atom. The first-order valence-corrected chi connectivity index (χ1v) is 11.4. The van der Waals surface area contributed by atoms with E-state index < -0.39 is 6.04 Å². The molecule has 2 aromatic rings. The number of hydrogen-bond donors (Lipinski definition) is 2. The minimum Gasteiger partial charge on any atom is -0.341 e. The molecule has 0 aromatic heterocycles. The highest BCUT2D eigenvalue weighted by Crippen LogP contribution is 2.21. The number of carbonyl (C=O) groups excluding carboxylic acids is 2. The lowest BCUT2D eigenvalue weighted by Gasteiger charge is -2.33. The van der Waals surface area contributed by atoms with Crippen molar-refractivity contribution in [1.29, 1.82) is 0 Å². The van der Waals surface area contributed by atoms with E-state index in [0.717, 1.165) is 24.3 Å². The number of carbonyl (C=O) groups is 2. The summed E-state index contributed by atoms with van der Waals surface area (Å²) < 4.78 is 0. The van der Waals surface area contributed by atoms with Gasteiger partial charge in [-0.05, 0) is 55.5 Å². The molecule has 5 heteroatoms. The molecule has 2 unspecified atom stereocenters. The van der Waals surface area contributed by atoms with Gasteiger partial charge in [-0.2, -0.15) is 0 Å². The van der Waals surface area contributed by atoms with Crippen LogP contribution in [0.15, 0.2) is 54.6 Å². The summed E-state index contributed by atoms with van der Waals surface area (Å²) in [5.41, 5.74) is 2.75. The maximum Gasteiger partial charge on any atom is 0.251 e. The second kappa shape index (κ2) is 11.1. The number of rotatable bonds is 8. The standard InChI is InChI=1S/C26H35N3O2/c1-19(2)17-24(30)28-25(22-10-5-4-6-11-22)26(31)27-23-14-12-21(13-15-23)18-29-16-8-7-9-20(29)3/h4-6,10-15,19-20,25H,7-9,16-18H2,1-3H3,(H,27,31)(H,28,30). The summed E-state index contributed by atoms with van der Waals surface area (Å²) in [7, 11) is 0. The molecule has 0 aliphatic carbocycles. The van der Waals surface area contributed by atoms with Gasteiger partial charge in [0, 0.05) is 24.7 Å². The molecule has 2 N–H and O–H groups in total. The molecule has 2 amide bonds. The molecule has 0 radical (unpaired) electrons. The first-order valence-electron chi connectivity index (χ1n) is 11.4. The third-order valence-electron chi connectivity index (χ3n) is 5.84. The number of anilines is 1. The molecule has 1 saturated heterocycles. The molecule has 0 bridgehead atoms. The van der Waals surface area contributed by atoms with E-state index >= 15 is 0 Å². The molecule has 2 aromatic carbocycles. The molecular weight excluding hydrogens is 386 g/mol. The van der Waals surface area contributed by atoms with Crippen LogP contribution in [0, 0.1) is 5.92 Å². The Bertz CT molecular complexity index is 849. The fraction of sp³-hybridized carbons (Fsp3) is 0.462. The van der Waals surface area contributed by atoms with Gasteiger partial charge in [-0.25, -0.2) is 0 Å². The number of benzene rings is 2. The quantitative estimate of drug-likeness (QED) is 0.637. The van der Waals surface area contributed by atoms with Gasteiger partial charge in [0.15, 0.2) is 0 Å². The van der Waals surface area contributed by atoms with Gasteiger partial charge in [0.1, 0.15) is 6.04 Å². The number of piperidine rings is 1. The second-order valence-electron chi connectivity index (χ2n) is 9.01. The Labute approximate surface area is 186 Å². The first-order chi connectivity index (χ1) is 14.9. The third kappa shape index (κ3) is 6.93. The summed E-state index contributed by atoms with van der Waals surface area (Å²) in [6.07, 6.45) is 4.23. The maximum absolute atomic E-state index is 13.0. The molecule has 1 heterocycles. The lowest BCUT2D eigenvalue weighted by atomic mass is 10.0. The van der Waals surface area contributed by atoms with Crippen LogP contribution in [0.1, 0.15) is 63.6 Å². The van der Waals surface area contributed by atoms with Crippen molar-refractivity contribution >= 4 is 17.5 Å². The van der Waals surface area contributed by atoms with Gasteiger partial charge in [0.25, 0.3) is 5.91 Å². The van der Waals surface area contributed by atoms with Crippen molar-refractivity contribution in [2.75, 3.05) is 11.9 Å². The van der Waals surface area contributed by atoms with E-state index in [1.54, 1.807) is 0 Å². The van der Waals surface area contributed by atoms with Gasteiger partial charge in [-0.15, -0.1) is 0 Å². The summed E-state index contributed by atoms with van der Waals surface area (Å²) in [5, 5.41) is 5.87. The molecule has 0 saturated carbocycles. The monoisotopic (exact) mass is 421 g/mol. The van der Waals surface area contributed by atoms with Crippen molar-refractivity contribution in [3.05, 3.63) is 65.7 Å². The first kappa shape index (κ1) is 23.0. The van der Waals surface area contributed by atoms with Crippen molar-refractivity contribution in [2.24, 2.45) is 5.92 Å². The van der Waals surface area contributed by atoms with Gasteiger partial charge in [-0.1, -0.05) is 62.7 Å².